The van der Waals surface area contributed by atoms with Crippen molar-refractivity contribution in [3.05, 3.63) is 77.0 Å². The van der Waals surface area contributed by atoms with Crippen LogP contribution in [0.3, 0.4) is 0 Å². The fourth-order valence-electron chi connectivity index (χ4n) is 3.74. The second-order valence-electron chi connectivity index (χ2n) is 8.57. The smallest absolute Gasteiger partial charge is 0.319 e. The molecule has 0 bridgehead atoms. The molecule has 2 amide bonds. The van der Waals surface area contributed by atoms with E-state index in [2.05, 4.69) is 73.8 Å². The number of urea groups is 1. The van der Waals surface area contributed by atoms with Gasteiger partial charge in [-0.05, 0) is 35.8 Å². The molecule has 0 saturated heterocycles. The molecule has 1 atom stereocenters. The van der Waals surface area contributed by atoms with E-state index in [4.69, 9.17) is 0 Å². The van der Waals surface area contributed by atoms with Crippen molar-refractivity contribution in [3.8, 4) is 0 Å². The number of hydrogen-bond donors (Lipinski definition) is 2. The van der Waals surface area contributed by atoms with Crippen LogP contribution in [0.15, 0.2) is 60.3 Å². The maximum atomic E-state index is 13.1. The van der Waals surface area contributed by atoms with Crippen LogP contribution in [-0.2, 0) is 13.1 Å². The number of carbonyl (C=O) groups is 1. The van der Waals surface area contributed by atoms with Crippen molar-refractivity contribution in [1.82, 2.24) is 15.6 Å². The van der Waals surface area contributed by atoms with Gasteiger partial charge < -0.3 is 5.32 Å². The molecular weight excluding hydrogens is 348 g/mol. The van der Waals surface area contributed by atoms with Crippen molar-refractivity contribution in [2.75, 3.05) is 5.01 Å². The molecule has 2 N–H and O–H groups in total. The van der Waals surface area contributed by atoms with E-state index in [1.807, 2.05) is 29.2 Å². The minimum absolute atomic E-state index is 0.0183. The lowest BCUT2D eigenvalue weighted by Gasteiger charge is -2.41. The fraction of sp³-hybridized carbons (Fsp3) is 0.348. The number of allylic oxidation sites excluding steroid dienone is 1. The normalized spacial score (nSPS) is 18.1. The number of hydrazine groups is 1. The Morgan fingerprint density at radius 3 is 2.61 bits per heavy atom. The van der Waals surface area contributed by atoms with Gasteiger partial charge in [0.25, 0.3) is 0 Å². The molecule has 2 heterocycles. The number of anilines is 1. The Bertz CT molecular complexity index is 928. The Kier molecular flexibility index (Phi) is 4.53. The first-order valence-electron chi connectivity index (χ1n) is 9.79. The number of fused-ring (bicyclic) bond motifs is 3. The summed E-state index contributed by atoms with van der Waals surface area (Å²) in [5.74, 6) is 0. The van der Waals surface area contributed by atoms with Crippen molar-refractivity contribution < 1.29 is 4.79 Å². The lowest BCUT2D eigenvalue weighted by Crippen LogP contribution is -2.56. The standard InChI is InChI=1S/C23H28N4O/c1-16-9-5-6-10-17(16)14-24-22(28)26-15-18-11-7-8-12-19(18)27-21(26)13-20(25-27)23(2,3)4/h5-13,21,25H,14-15H2,1-4H3,(H,24,28). The maximum Gasteiger partial charge on any atom is 0.319 e. The molecule has 4 rings (SSSR count). The fourth-order valence-corrected chi connectivity index (χ4v) is 3.74. The third-order valence-corrected chi connectivity index (χ3v) is 5.49. The van der Waals surface area contributed by atoms with Crippen LogP contribution in [0.5, 0.6) is 0 Å². The van der Waals surface area contributed by atoms with Crippen LogP contribution in [0.25, 0.3) is 0 Å². The van der Waals surface area contributed by atoms with Crippen molar-refractivity contribution in [2.24, 2.45) is 5.41 Å². The summed E-state index contributed by atoms with van der Waals surface area (Å²) >= 11 is 0. The molecule has 0 spiro atoms. The van der Waals surface area contributed by atoms with Gasteiger partial charge in [-0.3, -0.25) is 15.3 Å². The Labute approximate surface area is 167 Å². The number of amides is 2. The number of rotatable bonds is 2. The summed E-state index contributed by atoms with van der Waals surface area (Å²) in [7, 11) is 0. The molecule has 0 aromatic heterocycles. The zero-order chi connectivity index (χ0) is 19.9. The molecule has 2 aliphatic rings. The van der Waals surface area contributed by atoms with Crippen molar-refractivity contribution in [1.29, 1.82) is 0 Å². The van der Waals surface area contributed by atoms with Crippen LogP contribution in [0, 0.1) is 12.3 Å². The van der Waals surface area contributed by atoms with Gasteiger partial charge in [0.2, 0.25) is 0 Å². The summed E-state index contributed by atoms with van der Waals surface area (Å²) in [4.78, 5) is 15.0. The Balaban J connectivity index is 1.59. The lowest BCUT2D eigenvalue weighted by molar-refractivity contribution is 0.176. The predicted octanol–water partition coefficient (Wildman–Crippen LogP) is 4.30. The van der Waals surface area contributed by atoms with E-state index in [1.54, 1.807) is 0 Å². The van der Waals surface area contributed by atoms with Gasteiger partial charge in [0.15, 0.2) is 0 Å². The van der Waals surface area contributed by atoms with Crippen molar-refractivity contribution in [3.63, 3.8) is 0 Å². The molecule has 1 unspecified atom stereocenters. The van der Waals surface area contributed by atoms with Gasteiger partial charge in [-0.15, -0.1) is 0 Å². The predicted molar refractivity (Wildman–Crippen MR) is 112 cm³/mol. The number of carbonyl (C=O) groups excluding carboxylic acids is 1. The number of nitrogens with one attached hydrogen (secondary N) is 2. The average Bonchev–Trinajstić information content (AvgIpc) is 3.12. The Hall–Kier alpha value is -2.95. The van der Waals surface area contributed by atoms with Crippen LogP contribution in [0.4, 0.5) is 10.5 Å². The van der Waals surface area contributed by atoms with Gasteiger partial charge >= 0.3 is 6.03 Å². The Morgan fingerprint density at radius 1 is 1.14 bits per heavy atom. The highest BCUT2D eigenvalue weighted by molar-refractivity contribution is 5.77. The Morgan fingerprint density at radius 2 is 1.86 bits per heavy atom. The molecular formula is C23H28N4O. The van der Waals surface area contributed by atoms with Gasteiger partial charge in [-0.25, -0.2) is 4.79 Å². The third-order valence-electron chi connectivity index (χ3n) is 5.49. The minimum Gasteiger partial charge on any atom is -0.334 e. The van der Waals surface area contributed by atoms with E-state index in [1.165, 1.54) is 5.56 Å². The third kappa shape index (κ3) is 3.33. The number of aryl methyl sites for hydroxylation is 1. The second kappa shape index (κ2) is 6.89. The molecule has 5 nitrogen and oxygen atoms in total. The maximum absolute atomic E-state index is 13.1. The minimum atomic E-state index is -0.138. The van der Waals surface area contributed by atoms with Gasteiger partial charge in [0.1, 0.15) is 6.17 Å². The average molecular weight is 377 g/mol. The highest BCUT2D eigenvalue weighted by Gasteiger charge is 2.40. The molecule has 0 radical (unpaired) electrons. The quantitative estimate of drug-likeness (QED) is 0.821. The van der Waals surface area contributed by atoms with E-state index in [0.717, 1.165) is 22.5 Å². The summed E-state index contributed by atoms with van der Waals surface area (Å²) in [6.07, 6.45) is 2.03. The molecule has 28 heavy (non-hydrogen) atoms. The first-order valence-corrected chi connectivity index (χ1v) is 9.79. The van der Waals surface area contributed by atoms with Crippen molar-refractivity contribution in [2.45, 2.75) is 47.0 Å². The van der Waals surface area contributed by atoms with E-state index < -0.39 is 0 Å². The summed E-state index contributed by atoms with van der Waals surface area (Å²) < 4.78 is 0. The topological polar surface area (TPSA) is 47.6 Å². The summed E-state index contributed by atoms with van der Waals surface area (Å²) in [5.41, 5.74) is 9.24. The van der Waals surface area contributed by atoms with Crippen molar-refractivity contribution >= 4 is 11.7 Å². The zero-order valence-corrected chi connectivity index (χ0v) is 17.0. The molecule has 2 aliphatic heterocycles. The van der Waals surface area contributed by atoms with Gasteiger partial charge in [-0.1, -0.05) is 63.2 Å². The van der Waals surface area contributed by atoms with Crippen LogP contribution in [-0.4, -0.2) is 17.1 Å². The number of benzene rings is 2. The molecule has 0 aliphatic carbocycles. The largest absolute Gasteiger partial charge is 0.334 e. The SMILES string of the molecule is Cc1ccccc1CNC(=O)N1Cc2ccccc2N2NC(C(C)(C)C)=CC12. The summed E-state index contributed by atoms with van der Waals surface area (Å²) in [6.45, 7) is 9.72. The van der Waals surface area contributed by atoms with Crippen LogP contribution in [0.2, 0.25) is 0 Å². The van der Waals surface area contributed by atoms with Crippen LogP contribution >= 0.6 is 0 Å². The molecule has 2 aromatic rings. The van der Waals surface area contributed by atoms with Crippen LogP contribution in [0.1, 0.15) is 37.5 Å². The monoisotopic (exact) mass is 376 g/mol. The first kappa shape index (κ1) is 18.4. The van der Waals surface area contributed by atoms with Gasteiger partial charge in [-0.2, -0.15) is 0 Å². The molecule has 0 saturated carbocycles. The number of para-hydroxylation sites is 1. The first-order chi connectivity index (χ1) is 13.3. The second-order valence-corrected chi connectivity index (χ2v) is 8.57. The van der Waals surface area contributed by atoms with E-state index in [9.17, 15) is 4.79 Å². The molecule has 5 heteroatoms. The molecule has 146 valence electrons. The van der Waals surface area contributed by atoms with E-state index in [0.29, 0.717) is 13.1 Å². The van der Waals surface area contributed by atoms with E-state index in [-0.39, 0.29) is 17.6 Å². The van der Waals surface area contributed by atoms with Crippen LogP contribution < -0.4 is 15.8 Å². The lowest BCUT2D eigenvalue weighted by atomic mass is 9.92. The summed E-state index contributed by atoms with van der Waals surface area (Å²) in [6, 6.07) is 16.4. The van der Waals surface area contributed by atoms with Gasteiger partial charge in [0.05, 0.1) is 12.2 Å². The zero-order valence-electron chi connectivity index (χ0n) is 17.0. The van der Waals surface area contributed by atoms with E-state index >= 15 is 0 Å². The molecule has 2 aromatic carbocycles. The summed E-state index contributed by atoms with van der Waals surface area (Å²) in [5, 5.41) is 5.21. The number of nitrogens with zero attached hydrogens (tertiary/aromatic N) is 2. The van der Waals surface area contributed by atoms with Gasteiger partial charge in [0, 0.05) is 17.7 Å². The number of hydrogen-bond acceptors (Lipinski definition) is 3. The highest BCUT2D eigenvalue weighted by atomic mass is 16.2. The highest BCUT2D eigenvalue weighted by Crippen LogP contribution is 2.37. The molecule has 0 fully saturated rings.